The largest absolute Gasteiger partial charge is 0.359 e. The summed E-state index contributed by atoms with van der Waals surface area (Å²) >= 11 is 0. The van der Waals surface area contributed by atoms with Crippen molar-refractivity contribution in [1.29, 1.82) is 0 Å². The van der Waals surface area contributed by atoms with Crippen LogP contribution in [-0.4, -0.2) is 30.1 Å². The van der Waals surface area contributed by atoms with Gasteiger partial charge in [0, 0.05) is 5.71 Å². The summed E-state index contributed by atoms with van der Waals surface area (Å²) < 4.78 is 0. The van der Waals surface area contributed by atoms with E-state index in [4.69, 9.17) is 0 Å². The molecule has 0 bridgehead atoms. The Kier molecular flexibility index (Phi) is 2.12. The van der Waals surface area contributed by atoms with Gasteiger partial charge in [-0.3, -0.25) is 0 Å². The van der Waals surface area contributed by atoms with Crippen LogP contribution in [-0.2, 0) is 0 Å². The Morgan fingerprint density at radius 2 is 2.23 bits per heavy atom. The monoisotopic (exact) mass is 178 g/mol. The summed E-state index contributed by atoms with van der Waals surface area (Å²) in [5, 5.41) is 3.35. The molecule has 2 aliphatic heterocycles. The molecule has 0 fully saturated rings. The molecule has 0 aromatic carbocycles. The smallest absolute Gasteiger partial charge is 0.192 e. The molecule has 2 rings (SSSR count). The number of hydrogen-bond donors (Lipinski definition) is 1. The van der Waals surface area contributed by atoms with Crippen LogP contribution in [0.1, 0.15) is 26.7 Å². The number of rotatable bonds is 2. The lowest BCUT2D eigenvalue weighted by atomic mass is 10.1. The van der Waals surface area contributed by atoms with E-state index in [0.29, 0.717) is 12.7 Å². The van der Waals surface area contributed by atoms with Crippen molar-refractivity contribution >= 4 is 17.4 Å². The van der Waals surface area contributed by atoms with Crippen LogP contribution in [0.3, 0.4) is 0 Å². The zero-order valence-corrected chi connectivity index (χ0v) is 8.04. The zero-order chi connectivity index (χ0) is 9.26. The van der Waals surface area contributed by atoms with E-state index < -0.39 is 0 Å². The van der Waals surface area contributed by atoms with E-state index in [-0.39, 0.29) is 0 Å². The van der Waals surface area contributed by atoms with Gasteiger partial charge < -0.3 is 5.32 Å². The minimum atomic E-state index is 0.362. The maximum Gasteiger partial charge on any atom is 0.192 e. The van der Waals surface area contributed by atoms with Gasteiger partial charge in [-0.15, -0.1) is 0 Å². The van der Waals surface area contributed by atoms with Crippen molar-refractivity contribution in [2.24, 2.45) is 15.0 Å². The molecule has 0 aliphatic carbocycles. The van der Waals surface area contributed by atoms with Crippen LogP contribution in [0.15, 0.2) is 15.0 Å². The molecule has 1 unspecified atom stereocenters. The molecule has 4 nitrogen and oxygen atoms in total. The van der Waals surface area contributed by atoms with Crippen molar-refractivity contribution in [3.05, 3.63) is 0 Å². The highest BCUT2D eigenvalue weighted by atomic mass is 15.2. The fourth-order valence-corrected chi connectivity index (χ4v) is 1.64. The van der Waals surface area contributed by atoms with Crippen molar-refractivity contribution in [3.8, 4) is 0 Å². The first-order valence-corrected chi connectivity index (χ1v) is 4.78. The molecule has 0 saturated carbocycles. The van der Waals surface area contributed by atoms with Crippen LogP contribution in [0.5, 0.6) is 0 Å². The molecule has 0 aromatic rings. The second-order valence-electron chi connectivity index (χ2n) is 3.19. The summed E-state index contributed by atoms with van der Waals surface area (Å²) in [7, 11) is 0. The fourth-order valence-electron chi connectivity index (χ4n) is 1.64. The number of fused-ring (bicyclic) bond motifs is 1. The van der Waals surface area contributed by atoms with Crippen LogP contribution in [0, 0.1) is 0 Å². The molecule has 13 heavy (non-hydrogen) atoms. The fraction of sp³-hybridized carbons (Fsp3) is 0.667. The molecule has 70 valence electrons. The molecule has 2 heterocycles. The lowest BCUT2D eigenvalue weighted by molar-refractivity contribution is 0.723. The molecular weight excluding hydrogens is 164 g/mol. The molecule has 0 amide bonds. The zero-order valence-electron chi connectivity index (χ0n) is 8.04. The van der Waals surface area contributed by atoms with Gasteiger partial charge in [0.15, 0.2) is 11.7 Å². The molecular formula is C9H14N4. The lowest BCUT2D eigenvalue weighted by Crippen LogP contribution is -2.47. The van der Waals surface area contributed by atoms with E-state index in [9.17, 15) is 0 Å². The first kappa shape index (κ1) is 8.41. The highest BCUT2D eigenvalue weighted by Gasteiger charge is 2.25. The summed E-state index contributed by atoms with van der Waals surface area (Å²) in [5.41, 5.74) is 1.20. The summed E-state index contributed by atoms with van der Waals surface area (Å²) in [6, 6.07) is 0.362. The van der Waals surface area contributed by atoms with E-state index in [1.165, 1.54) is 5.71 Å². The number of nitrogens with one attached hydrogen (secondary N) is 1. The predicted octanol–water partition coefficient (Wildman–Crippen LogP) is 0.987. The minimum Gasteiger partial charge on any atom is -0.359 e. The van der Waals surface area contributed by atoms with Crippen molar-refractivity contribution < 1.29 is 0 Å². The maximum absolute atomic E-state index is 4.49. The molecule has 0 radical (unpaired) electrons. The normalized spacial score (nSPS) is 25.7. The van der Waals surface area contributed by atoms with Crippen LogP contribution < -0.4 is 5.32 Å². The first-order chi connectivity index (χ1) is 6.35. The van der Waals surface area contributed by atoms with Crippen LogP contribution in [0.25, 0.3) is 0 Å². The van der Waals surface area contributed by atoms with Gasteiger partial charge in [-0.25, -0.2) is 15.0 Å². The van der Waals surface area contributed by atoms with Gasteiger partial charge in [-0.05, 0) is 12.8 Å². The summed E-state index contributed by atoms with van der Waals surface area (Å²) in [5.74, 6) is 1.67. The Hall–Kier alpha value is -1.19. The van der Waals surface area contributed by atoms with E-state index in [2.05, 4.69) is 34.1 Å². The van der Waals surface area contributed by atoms with Crippen LogP contribution in [0.2, 0.25) is 0 Å². The average Bonchev–Trinajstić information content (AvgIpc) is 2.62. The molecule has 2 aliphatic rings. The predicted molar refractivity (Wildman–Crippen MR) is 54.7 cm³/mol. The Labute approximate surface area is 77.9 Å². The third kappa shape index (κ3) is 1.36. The Balaban J connectivity index is 2.29. The highest BCUT2D eigenvalue weighted by Crippen LogP contribution is 2.09. The van der Waals surface area contributed by atoms with E-state index in [0.717, 1.165) is 24.5 Å². The van der Waals surface area contributed by atoms with Gasteiger partial charge in [0.25, 0.3) is 0 Å². The number of hydrogen-bond acceptors (Lipinski definition) is 4. The molecule has 1 N–H and O–H groups in total. The highest BCUT2D eigenvalue weighted by molar-refractivity contribution is 6.45. The van der Waals surface area contributed by atoms with Crippen LogP contribution >= 0.6 is 0 Å². The minimum absolute atomic E-state index is 0.362. The summed E-state index contributed by atoms with van der Waals surface area (Å²) in [4.78, 5) is 12.9. The third-order valence-electron chi connectivity index (χ3n) is 2.39. The second kappa shape index (κ2) is 3.28. The Morgan fingerprint density at radius 3 is 2.92 bits per heavy atom. The molecule has 0 aromatic heterocycles. The van der Waals surface area contributed by atoms with E-state index >= 15 is 0 Å². The average molecular weight is 178 g/mol. The number of aliphatic imine (C=N–C) groups is 3. The summed E-state index contributed by atoms with van der Waals surface area (Å²) in [6.07, 6.45) is 2.04. The third-order valence-corrected chi connectivity index (χ3v) is 2.39. The Morgan fingerprint density at radius 1 is 1.38 bits per heavy atom. The maximum atomic E-state index is 4.49. The van der Waals surface area contributed by atoms with Gasteiger partial charge in [0.1, 0.15) is 6.67 Å². The van der Waals surface area contributed by atoms with Crippen molar-refractivity contribution in [1.82, 2.24) is 5.32 Å². The summed E-state index contributed by atoms with van der Waals surface area (Å²) in [6.45, 7) is 4.82. The van der Waals surface area contributed by atoms with Crippen molar-refractivity contribution in [2.45, 2.75) is 32.7 Å². The van der Waals surface area contributed by atoms with Gasteiger partial charge in [-0.1, -0.05) is 13.8 Å². The Bertz CT molecular complexity index is 301. The van der Waals surface area contributed by atoms with Gasteiger partial charge in [-0.2, -0.15) is 0 Å². The molecule has 0 spiro atoms. The van der Waals surface area contributed by atoms with Gasteiger partial charge in [0.2, 0.25) is 0 Å². The second-order valence-corrected chi connectivity index (χ2v) is 3.19. The topological polar surface area (TPSA) is 49.1 Å². The molecule has 1 atom stereocenters. The lowest BCUT2D eigenvalue weighted by Gasteiger charge is -2.23. The first-order valence-electron chi connectivity index (χ1n) is 4.78. The SMILES string of the molecule is CCC1=NC2=NCN=C2NC1CC. The van der Waals surface area contributed by atoms with Gasteiger partial charge >= 0.3 is 0 Å². The number of nitrogens with zero attached hydrogens (tertiary/aromatic N) is 3. The van der Waals surface area contributed by atoms with E-state index in [1.807, 2.05) is 0 Å². The van der Waals surface area contributed by atoms with E-state index in [1.54, 1.807) is 0 Å². The molecule has 0 saturated heterocycles. The van der Waals surface area contributed by atoms with Gasteiger partial charge in [0.05, 0.1) is 6.04 Å². The number of amidine groups is 2. The van der Waals surface area contributed by atoms with Crippen LogP contribution in [0.4, 0.5) is 0 Å². The van der Waals surface area contributed by atoms with Crippen molar-refractivity contribution in [2.75, 3.05) is 6.67 Å². The standard InChI is InChI=1S/C9H14N4/c1-3-6-7(4-2)13-9-8(12-6)10-5-11-9/h6H,3-5H2,1-2H3,(H,10,12). The molecule has 4 heteroatoms. The quantitative estimate of drug-likeness (QED) is 0.673. The van der Waals surface area contributed by atoms with Crippen molar-refractivity contribution in [3.63, 3.8) is 0 Å².